The van der Waals surface area contributed by atoms with Crippen LogP contribution in [0.25, 0.3) is 0 Å². The standard InChI is InChI=1S/C18H18F3N3O5S2.C11H15NO/c19-18(20,21)14-6-8-16(9-7-14)31(28,29)24-12-10-23(11-13-24)17(25)22-30(26,27)15-4-2-1-3-5-15;1-9(2)11-5-3-10(4-6-11)7-12-8-13/h1-9H,10-13H2,(H,22,25);3-6,8-9H,7H2,1-2H3,(H,12,13). The van der Waals surface area contributed by atoms with Gasteiger partial charge >= 0.3 is 12.2 Å². The van der Waals surface area contributed by atoms with Gasteiger partial charge in [0.25, 0.3) is 10.0 Å². The Hall–Kier alpha value is -3.95. The molecule has 44 heavy (non-hydrogen) atoms. The van der Waals surface area contributed by atoms with Crippen LogP contribution in [0.1, 0.15) is 36.5 Å². The largest absolute Gasteiger partial charge is 0.416 e. The number of alkyl halides is 3. The molecule has 0 bridgehead atoms. The lowest BCUT2D eigenvalue weighted by Crippen LogP contribution is -2.53. The number of hydrogen-bond acceptors (Lipinski definition) is 6. The van der Waals surface area contributed by atoms with Gasteiger partial charge in [-0.1, -0.05) is 56.3 Å². The minimum absolute atomic E-state index is 0.0873. The number of hydrogen-bond donors (Lipinski definition) is 2. The van der Waals surface area contributed by atoms with Gasteiger partial charge in [-0.25, -0.2) is 26.4 Å². The van der Waals surface area contributed by atoms with Gasteiger partial charge in [0.15, 0.2) is 0 Å². The number of halogens is 3. The molecule has 1 heterocycles. The highest BCUT2D eigenvalue weighted by atomic mass is 32.2. The molecule has 0 aliphatic carbocycles. The van der Waals surface area contributed by atoms with Gasteiger partial charge in [0.1, 0.15) is 0 Å². The fourth-order valence-electron chi connectivity index (χ4n) is 4.11. The van der Waals surface area contributed by atoms with E-state index in [2.05, 4.69) is 31.3 Å². The summed E-state index contributed by atoms with van der Waals surface area (Å²) in [5.41, 5.74) is 1.50. The van der Waals surface area contributed by atoms with E-state index in [1.165, 1.54) is 29.8 Å². The molecule has 0 unspecified atom stereocenters. The van der Waals surface area contributed by atoms with Crippen molar-refractivity contribution < 1.29 is 39.6 Å². The minimum atomic E-state index is -4.58. The minimum Gasteiger partial charge on any atom is -0.355 e. The Morgan fingerprint density at radius 3 is 1.91 bits per heavy atom. The Balaban J connectivity index is 0.000000340. The van der Waals surface area contributed by atoms with E-state index in [1.807, 2.05) is 16.9 Å². The molecule has 1 saturated heterocycles. The monoisotopic (exact) mass is 654 g/mol. The number of amides is 3. The van der Waals surface area contributed by atoms with Crippen LogP contribution in [0.5, 0.6) is 0 Å². The van der Waals surface area contributed by atoms with Crippen LogP contribution in [-0.4, -0.2) is 64.7 Å². The molecule has 238 valence electrons. The molecule has 3 aromatic carbocycles. The van der Waals surface area contributed by atoms with Crippen LogP contribution in [0.2, 0.25) is 0 Å². The number of nitrogens with one attached hydrogen (secondary N) is 2. The van der Waals surface area contributed by atoms with Crippen LogP contribution in [-0.2, 0) is 37.6 Å². The van der Waals surface area contributed by atoms with E-state index in [-0.39, 0.29) is 36.0 Å². The highest BCUT2D eigenvalue weighted by molar-refractivity contribution is 7.90. The predicted molar refractivity (Wildman–Crippen MR) is 157 cm³/mol. The first kappa shape index (κ1) is 34.5. The van der Waals surface area contributed by atoms with Gasteiger partial charge < -0.3 is 10.2 Å². The Morgan fingerprint density at radius 2 is 1.41 bits per heavy atom. The van der Waals surface area contributed by atoms with Gasteiger partial charge in [-0.05, 0) is 53.4 Å². The van der Waals surface area contributed by atoms with E-state index in [4.69, 9.17) is 0 Å². The zero-order valence-electron chi connectivity index (χ0n) is 24.0. The summed E-state index contributed by atoms with van der Waals surface area (Å²) in [5.74, 6) is 0.563. The van der Waals surface area contributed by atoms with E-state index in [0.29, 0.717) is 24.6 Å². The number of carbonyl (C=O) groups excluding carboxylic acids is 2. The number of benzene rings is 3. The van der Waals surface area contributed by atoms with Crippen molar-refractivity contribution in [2.24, 2.45) is 0 Å². The van der Waals surface area contributed by atoms with Crippen LogP contribution in [0.4, 0.5) is 18.0 Å². The van der Waals surface area contributed by atoms with Gasteiger partial charge in [0.05, 0.1) is 15.4 Å². The molecule has 3 aromatic rings. The summed E-state index contributed by atoms with van der Waals surface area (Å²) in [6.45, 7) is 4.50. The zero-order valence-corrected chi connectivity index (χ0v) is 25.6. The molecule has 1 fully saturated rings. The van der Waals surface area contributed by atoms with Gasteiger partial charge in [0.2, 0.25) is 16.4 Å². The van der Waals surface area contributed by atoms with Crippen molar-refractivity contribution in [2.45, 2.75) is 42.3 Å². The molecule has 2 N–H and O–H groups in total. The summed E-state index contributed by atoms with van der Waals surface area (Å²) < 4.78 is 90.8. The van der Waals surface area contributed by atoms with Crippen molar-refractivity contribution in [3.05, 3.63) is 95.6 Å². The highest BCUT2D eigenvalue weighted by Crippen LogP contribution is 2.30. The molecular weight excluding hydrogens is 621 g/mol. The number of urea groups is 1. The van der Waals surface area contributed by atoms with Crippen molar-refractivity contribution >= 4 is 32.5 Å². The maximum atomic E-state index is 12.7. The molecule has 1 aliphatic heterocycles. The Bertz CT molecular complexity index is 1610. The first-order chi connectivity index (χ1) is 20.6. The second kappa shape index (κ2) is 14.7. The number of piperazine rings is 1. The molecule has 0 spiro atoms. The number of carbonyl (C=O) groups is 2. The summed E-state index contributed by atoms with van der Waals surface area (Å²) in [7, 11) is -8.14. The maximum absolute atomic E-state index is 12.7. The third-order valence-electron chi connectivity index (χ3n) is 6.66. The number of nitrogens with zero attached hydrogens (tertiary/aromatic N) is 2. The summed E-state index contributed by atoms with van der Waals surface area (Å²) in [4.78, 5) is 23.1. The van der Waals surface area contributed by atoms with E-state index >= 15 is 0 Å². The van der Waals surface area contributed by atoms with Crippen LogP contribution >= 0.6 is 0 Å². The van der Waals surface area contributed by atoms with Gasteiger partial charge in [-0.2, -0.15) is 17.5 Å². The SMILES string of the molecule is CC(C)c1ccc(CNC=O)cc1.O=C(NS(=O)(=O)c1ccccc1)N1CCN(S(=O)(=O)c2ccc(C(F)(F)F)cc2)CC1. The Labute approximate surface area is 255 Å². The number of sulfonamides is 2. The molecule has 0 radical (unpaired) electrons. The van der Waals surface area contributed by atoms with Crippen molar-refractivity contribution in [1.29, 1.82) is 0 Å². The molecule has 1 aliphatic rings. The summed E-state index contributed by atoms with van der Waals surface area (Å²) >= 11 is 0. The summed E-state index contributed by atoms with van der Waals surface area (Å²) in [6.07, 6.45) is -3.86. The van der Waals surface area contributed by atoms with Gasteiger partial charge in [-0.3, -0.25) is 4.79 Å². The fraction of sp³-hybridized carbons (Fsp3) is 0.310. The Kier molecular flexibility index (Phi) is 11.5. The third kappa shape index (κ3) is 9.27. The van der Waals surface area contributed by atoms with E-state index in [1.54, 1.807) is 6.07 Å². The lowest BCUT2D eigenvalue weighted by Gasteiger charge is -2.33. The lowest BCUT2D eigenvalue weighted by molar-refractivity contribution is -0.137. The van der Waals surface area contributed by atoms with E-state index < -0.39 is 37.8 Å². The van der Waals surface area contributed by atoms with Crippen LogP contribution in [0.3, 0.4) is 0 Å². The molecule has 0 saturated carbocycles. The van der Waals surface area contributed by atoms with Crippen molar-refractivity contribution in [1.82, 2.24) is 19.2 Å². The molecule has 15 heteroatoms. The fourth-order valence-corrected chi connectivity index (χ4v) is 6.53. The zero-order chi connectivity index (χ0) is 32.5. The van der Waals surface area contributed by atoms with E-state index in [0.717, 1.165) is 33.3 Å². The third-order valence-corrected chi connectivity index (χ3v) is 9.91. The topological polar surface area (TPSA) is 133 Å². The average molecular weight is 655 g/mol. The highest BCUT2D eigenvalue weighted by Gasteiger charge is 2.33. The maximum Gasteiger partial charge on any atom is 0.416 e. The number of rotatable bonds is 8. The smallest absolute Gasteiger partial charge is 0.355 e. The van der Waals surface area contributed by atoms with Crippen LogP contribution < -0.4 is 10.0 Å². The van der Waals surface area contributed by atoms with Gasteiger partial charge in [0, 0.05) is 32.7 Å². The normalized spacial score (nSPS) is 14.4. The molecule has 10 nitrogen and oxygen atoms in total. The van der Waals surface area contributed by atoms with Crippen LogP contribution in [0, 0.1) is 0 Å². The second-order valence-electron chi connectivity index (χ2n) is 10.0. The molecular formula is C29H33F3N4O6S2. The Morgan fingerprint density at radius 1 is 0.841 bits per heavy atom. The lowest BCUT2D eigenvalue weighted by atomic mass is 10.0. The second-order valence-corrected chi connectivity index (χ2v) is 13.7. The van der Waals surface area contributed by atoms with Crippen molar-refractivity contribution in [2.75, 3.05) is 26.2 Å². The first-order valence-corrected chi connectivity index (χ1v) is 16.4. The van der Waals surface area contributed by atoms with Crippen molar-refractivity contribution in [3.63, 3.8) is 0 Å². The molecule has 0 aromatic heterocycles. The quantitative estimate of drug-likeness (QED) is 0.351. The van der Waals surface area contributed by atoms with Crippen LogP contribution in [0.15, 0.2) is 88.7 Å². The predicted octanol–water partition coefficient (Wildman–Crippen LogP) is 4.17. The summed E-state index contributed by atoms with van der Waals surface area (Å²) in [5, 5.41) is 2.63. The average Bonchev–Trinajstić information content (AvgIpc) is 3.00. The summed E-state index contributed by atoms with van der Waals surface area (Å²) in [6, 6.07) is 17.8. The molecule has 3 amide bonds. The molecule has 4 rings (SSSR count). The first-order valence-electron chi connectivity index (χ1n) is 13.4. The van der Waals surface area contributed by atoms with E-state index in [9.17, 15) is 39.6 Å². The van der Waals surface area contributed by atoms with Gasteiger partial charge in [-0.15, -0.1) is 0 Å². The van der Waals surface area contributed by atoms with Crippen molar-refractivity contribution in [3.8, 4) is 0 Å². The molecule has 0 atom stereocenters.